The number of aliphatic hydroxyl groups excluding tert-OH is 1. The van der Waals surface area contributed by atoms with Crippen LogP contribution >= 0.6 is 11.6 Å². The lowest BCUT2D eigenvalue weighted by atomic mass is 9.89. The van der Waals surface area contributed by atoms with Crippen molar-refractivity contribution in [2.45, 2.75) is 38.0 Å². The Balaban J connectivity index is 1.73. The Morgan fingerprint density at radius 3 is 3.05 bits per heavy atom. The second-order valence-corrected chi connectivity index (χ2v) is 6.64. The number of benzene rings is 1. The van der Waals surface area contributed by atoms with E-state index in [4.69, 9.17) is 21.1 Å². The number of rotatable bonds is 4. The molecule has 122 valence electrons. The first-order chi connectivity index (χ1) is 10.7. The van der Waals surface area contributed by atoms with Gasteiger partial charge < -0.3 is 14.6 Å². The van der Waals surface area contributed by atoms with E-state index in [2.05, 4.69) is 4.90 Å². The SMILES string of the molecule is COc1ccc(Cl)c(CN2CCC[C@@H]2[C@H]2COCC[C@H]2O)c1. The maximum atomic E-state index is 10.3. The number of ether oxygens (including phenoxy) is 2. The zero-order chi connectivity index (χ0) is 15.5. The van der Waals surface area contributed by atoms with Crippen LogP contribution in [0.25, 0.3) is 0 Å². The summed E-state index contributed by atoms with van der Waals surface area (Å²) in [6.07, 6.45) is 2.77. The van der Waals surface area contributed by atoms with Gasteiger partial charge in [0, 0.05) is 30.1 Å². The first kappa shape index (κ1) is 16.1. The molecule has 2 fully saturated rings. The van der Waals surface area contributed by atoms with Crippen LogP contribution in [0.4, 0.5) is 0 Å². The molecule has 1 aromatic rings. The predicted molar refractivity (Wildman–Crippen MR) is 86.4 cm³/mol. The summed E-state index contributed by atoms with van der Waals surface area (Å²) in [4.78, 5) is 2.43. The van der Waals surface area contributed by atoms with Crippen LogP contribution in [0.15, 0.2) is 18.2 Å². The van der Waals surface area contributed by atoms with Crippen LogP contribution in [0.1, 0.15) is 24.8 Å². The van der Waals surface area contributed by atoms with Gasteiger partial charge in [-0.25, -0.2) is 0 Å². The summed E-state index contributed by atoms with van der Waals surface area (Å²) in [7, 11) is 1.67. The molecule has 3 atom stereocenters. The molecule has 2 aliphatic heterocycles. The van der Waals surface area contributed by atoms with Gasteiger partial charge in [0.2, 0.25) is 0 Å². The molecule has 0 aliphatic carbocycles. The van der Waals surface area contributed by atoms with E-state index in [0.717, 1.165) is 48.7 Å². The lowest BCUT2D eigenvalue weighted by molar-refractivity contribution is -0.0636. The van der Waals surface area contributed by atoms with Crippen molar-refractivity contribution < 1.29 is 14.6 Å². The van der Waals surface area contributed by atoms with Crippen LogP contribution < -0.4 is 4.74 Å². The number of halogens is 1. The summed E-state index contributed by atoms with van der Waals surface area (Å²) in [5.41, 5.74) is 1.08. The van der Waals surface area contributed by atoms with E-state index >= 15 is 0 Å². The third-order valence-corrected chi connectivity index (χ3v) is 5.27. The molecule has 2 saturated heterocycles. The maximum Gasteiger partial charge on any atom is 0.119 e. The quantitative estimate of drug-likeness (QED) is 0.924. The van der Waals surface area contributed by atoms with Gasteiger partial charge in [0.15, 0.2) is 0 Å². The van der Waals surface area contributed by atoms with E-state index in [9.17, 15) is 5.11 Å². The van der Waals surface area contributed by atoms with E-state index in [-0.39, 0.29) is 12.0 Å². The average molecular weight is 326 g/mol. The van der Waals surface area contributed by atoms with Crippen molar-refractivity contribution in [3.05, 3.63) is 28.8 Å². The average Bonchev–Trinajstić information content (AvgIpc) is 2.98. The van der Waals surface area contributed by atoms with E-state index in [1.165, 1.54) is 0 Å². The Hall–Kier alpha value is -0.810. The Kier molecular flexibility index (Phi) is 5.24. The zero-order valence-electron chi connectivity index (χ0n) is 13.0. The smallest absolute Gasteiger partial charge is 0.119 e. The first-order valence-corrected chi connectivity index (χ1v) is 8.39. The lowest BCUT2D eigenvalue weighted by Crippen LogP contribution is -2.45. The largest absolute Gasteiger partial charge is 0.497 e. The fourth-order valence-corrected chi connectivity index (χ4v) is 3.84. The highest BCUT2D eigenvalue weighted by molar-refractivity contribution is 6.31. The molecule has 1 N–H and O–H groups in total. The van der Waals surface area contributed by atoms with Crippen molar-refractivity contribution in [3.8, 4) is 5.75 Å². The van der Waals surface area contributed by atoms with Gasteiger partial charge in [0.25, 0.3) is 0 Å². The summed E-state index contributed by atoms with van der Waals surface area (Å²) < 4.78 is 10.9. The number of hydrogen-bond acceptors (Lipinski definition) is 4. The minimum absolute atomic E-state index is 0.209. The minimum atomic E-state index is -0.250. The van der Waals surface area contributed by atoms with Gasteiger partial charge >= 0.3 is 0 Å². The molecule has 0 bridgehead atoms. The van der Waals surface area contributed by atoms with Gasteiger partial charge in [-0.3, -0.25) is 4.90 Å². The second-order valence-electron chi connectivity index (χ2n) is 6.23. The Bertz CT molecular complexity index is 511. The van der Waals surface area contributed by atoms with E-state index in [1.54, 1.807) is 7.11 Å². The third-order valence-electron chi connectivity index (χ3n) is 4.90. The molecule has 0 amide bonds. The predicted octanol–water partition coefficient (Wildman–Crippen LogP) is 2.71. The Morgan fingerprint density at radius 2 is 2.27 bits per heavy atom. The van der Waals surface area contributed by atoms with Crippen molar-refractivity contribution in [3.63, 3.8) is 0 Å². The molecule has 3 rings (SSSR count). The van der Waals surface area contributed by atoms with Crippen molar-refractivity contribution in [1.82, 2.24) is 4.90 Å². The Labute approximate surface area is 137 Å². The summed E-state index contributed by atoms with van der Waals surface area (Å²) in [6.45, 7) is 3.17. The van der Waals surface area contributed by atoms with E-state index in [1.807, 2.05) is 18.2 Å². The highest BCUT2D eigenvalue weighted by Gasteiger charge is 2.37. The van der Waals surface area contributed by atoms with Crippen LogP contribution in [0.3, 0.4) is 0 Å². The van der Waals surface area contributed by atoms with Crippen LogP contribution in [0.2, 0.25) is 5.02 Å². The van der Waals surface area contributed by atoms with Crippen LogP contribution in [-0.2, 0) is 11.3 Å². The molecule has 2 aliphatic rings. The van der Waals surface area contributed by atoms with Crippen LogP contribution in [-0.4, -0.2) is 49.0 Å². The molecule has 0 aromatic heterocycles. The standard InChI is InChI=1S/C17H24ClNO3/c1-21-13-4-5-15(18)12(9-13)10-19-7-2-3-16(19)14-11-22-8-6-17(14)20/h4-5,9,14,16-17,20H,2-3,6-8,10-11H2,1H3/t14-,16-,17-/m1/s1. The number of methoxy groups -OCH3 is 1. The van der Waals surface area contributed by atoms with Gasteiger partial charge in [-0.15, -0.1) is 0 Å². The molecular weight excluding hydrogens is 302 g/mol. The highest BCUT2D eigenvalue weighted by atomic mass is 35.5. The zero-order valence-corrected chi connectivity index (χ0v) is 13.8. The lowest BCUT2D eigenvalue weighted by Gasteiger charge is -2.37. The molecular formula is C17H24ClNO3. The molecule has 0 radical (unpaired) electrons. The molecule has 0 saturated carbocycles. The molecule has 2 heterocycles. The van der Waals surface area contributed by atoms with Gasteiger partial charge in [-0.1, -0.05) is 11.6 Å². The number of aliphatic hydroxyl groups is 1. The molecule has 0 spiro atoms. The Morgan fingerprint density at radius 1 is 1.41 bits per heavy atom. The second kappa shape index (κ2) is 7.18. The fraction of sp³-hybridized carbons (Fsp3) is 0.647. The number of likely N-dealkylation sites (tertiary alicyclic amines) is 1. The summed E-state index contributed by atoms with van der Waals surface area (Å²) in [5.74, 6) is 1.04. The topological polar surface area (TPSA) is 41.9 Å². The van der Waals surface area contributed by atoms with Crippen molar-refractivity contribution in [2.24, 2.45) is 5.92 Å². The highest BCUT2D eigenvalue weighted by Crippen LogP contribution is 2.32. The number of nitrogens with zero attached hydrogens (tertiary/aromatic N) is 1. The molecule has 0 unspecified atom stereocenters. The van der Waals surface area contributed by atoms with Crippen molar-refractivity contribution in [1.29, 1.82) is 0 Å². The van der Waals surface area contributed by atoms with E-state index in [0.29, 0.717) is 19.3 Å². The molecule has 5 heteroatoms. The van der Waals surface area contributed by atoms with Crippen LogP contribution in [0, 0.1) is 5.92 Å². The van der Waals surface area contributed by atoms with Gasteiger partial charge in [-0.2, -0.15) is 0 Å². The van der Waals surface area contributed by atoms with E-state index < -0.39 is 0 Å². The molecule has 4 nitrogen and oxygen atoms in total. The fourth-order valence-electron chi connectivity index (χ4n) is 3.67. The first-order valence-electron chi connectivity index (χ1n) is 8.01. The monoisotopic (exact) mass is 325 g/mol. The van der Waals surface area contributed by atoms with Crippen LogP contribution in [0.5, 0.6) is 5.75 Å². The minimum Gasteiger partial charge on any atom is -0.497 e. The molecule has 22 heavy (non-hydrogen) atoms. The van der Waals surface area contributed by atoms with Gasteiger partial charge in [0.05, 0.1) is 19.8 Å². The normalized spacial score (nSPS) is 29.7. The summed E-state index contributed by atoms with van der Waals surface area (Å²) in [6, 6.07) is 6.15. The third kappa shape index (κ3) is 3.40. The van der Waals surface area contributed by atoms with Crippen molar-refractivity contribution in [2.75, 3.05) is 26.9 Å². The number of hydrogen-bond donors (Lipinski definition) is 1. The van der Waals surface area contributed by atoms with Gasteiger partial charge in [-0.05, 0) is 49.6 Å². The van der Waals surface area contributed by atoms with Crippen molar-refractivity contribution >= 4 is 11.6 Å². The molecule has 1 aromatic carbocycles. The summed E-state index contributed by atoms with van der Waals surface area (Å²) >= 11 is 6.34. The summed E-state index contributed by atoms with van der Waals surface area (Å²) in [5, 5.41) is 11.1. The van der Waals surface area contributed by atoms with Gasteiger partial charge in [0.1, 0.15) is 5.75 Å². The maximum absolute atomic E-state index is 10.3.